The summed E-state index contributed by atoms with van der Waals surface area (Å²) in [6.07, 6.45) is 7.21. The molecule has 26 heavy (non-hydrogen) atoms. The van der Waals surface area contributed by atoms with Gasteiger partial charge in [0.2, 0.25) is 11.7 Å². The summed E-state index contributed by atoms with van der Waals surface area (Å²) in [6.45, 7) is 1.35. The number of imidazole rings is 1. The maximum Gasteiger partial charge on any atom is 0.241 e. The van der Waals surface area contributed by atoms with Gasteiger partial charge < -0.3 is 15.8 Å². The van der Waals surface area contributed by atoms with E-state index >= 15 is 0 Å². The van der Waals surface area contributed by atoms with Gasteiger partial charge in [0.05, 0.1) is 11.7 Å². The minimum absolute atomic E-state index is 0.151. The first-order chi connectivity index (χ1) is 12.7. The third kappa shape index (κ3) is 3.44. The zero-order valence-electron chi connectivity index (χ0n) is 14.3. The fourth-order valence-corrected chi connectivity index (χ4v) is 3.21. The summed E-state index contributed by atoms with van der Waals surface area (Å²) in [7, 11) is 0. The number of carbonyl (C=O) groups excluding carboxylic acids is 1. The number of nitrogens with zero attached hydrogens (tertiary/aromatic N) is 3. The summed E-state index contributed by atoms with van der Waals surface area (Å²) in [5, 5.41) is 2.90. The van der Waals surface area contributed by atoms with Gasteiger partial charge in [0.25, 0.3) is 0 Å². The molecule has 2 aromatic heterocycles. The van der Waals surface area contributed by atoms with Gasteiger partial charge >= 0.3 is 0 Å². The second-order valence-electron chi connectivity index (χ2n) is 6.50. The topological polar surface area (TPSA) is 94.5 Å². The molecule has 0 bridgehead atoms. The van der Waals surface area contributed by atoms with Gasteiger partial charge in [0.15, 0.2) is 0 Å². The van der Waals surface area contributed by atoms with Crippen molar-refractivity contribution in [1.82, 2.24) is 14.4 Å². The lowest BCUT2D eigenvalue weighted by Gasteiger charge is -2.26. The van der Waals surface area contributed by atoms with Crippen molar-refractivity contribution in [1.29, 1.82) is 0 Å². The Morgan fingerprint density at radius 2 is 2.04 bits per heavy atom. The monoisotopic (exact) mass is 351 g/mol. The largest absolute Gasteiger partial charge is 0.381 e. The van der Waals surface area contributed by atoms with Crippen molar-refractivity contribution in [2.24, 2.45) is 11.7 Å². The van der Waals surface area contributed by atoms with Crippen molar-refractivity contribution >= 4 is 17.4 Å². The average Bonchev–Trinajstić information content (AvgIpc) is 3.13. The van der Waals surface area contributed by atoms with Crippen molar-refractivity contribution in [3.63, 3.8) is 0 Å². The van der Waals surface area contributed by atoms with E-state index in [0.717, 1.165) is 29.8 Å². The molecule has 3 heterocycles. The standard InChI is InChI=1S/C19H21N5O2/c20-17(14-6-10-26-11-7-14)18(25)22-15-4-2-13(3-5-15)16-12-24-9-1-8-21-19(24)23-16/h1-5,8-9,12,14,17H,6-7,10-11,20H2,(H,22,25). The highest BCUT2D eigenvalue weighted by molar-refractivity contribution is 5.95. The number of nitrogens with one attached hydrogen (secondary N) is 1. The Labute approximate surface area is 151 Å². The van der Waals surface area contributed by atoms with Gasteiger partial charge in [-0.25, -0.2) is 9.97 Å². The Balaban J connectivity index is 1.44. The van der Waals surface area contributed by atoms with Crippen LogP contribution in [0.1, 0.15) is 12.8 Å². The Morgan fingerprint density at radius 1 is 1.27 bits per heavy atom. The van der Waals surface area contributed by atoms with Gasteiger partial charge in [0.1, 0.15) is 0 Å². The number of anilines is 1. The highest BCUT2D eigenvalue weighted by atomic mass is 16.5. The minimum atomic E-state index is -0.511. The summed E-state index contributed by atoms with van der Waals surface area (Å²) in [5.41, 5.74) is 8.64. The molecule has 0 aliphatic carbocycles. The molecule has 1 atom stereocenters. The van der Waals surface area contributed by atoms with Gasteiger partial charge in [-0.3, -0.25) is 9.20 Å². The van der Waals surface area contributed by atoms with Crippen molar-refractivity contribution in [3.05, 3.63) is 48.9 Å². The molecular weight excluding hydrogens is 330 g/mol. The molecule has 1 unspecified atom stereocenters. The van der Waals surface area contributed by atoms with E-state index in [1.54, 1.807) is 6.20 Å². The zero-order valence-corrected chi connectivity index (χ0v) is 14.3. The molecule has 134 valence electrons. The van der Waals surface area contributed by atoms with E-state index in [1.807, 2.05) is 47.1 Å². The fourth-order valence-electron chi connectivity index (χ4n) is 3.21. The molecule has 1 amide bonds. The van der Waals surface area contributed by atoms with Crippen molar-refractivity contribution in [3.8, 4) is 11.3 Å². The molecule has 0 saturated carbocycles. The summed E-state index contributed by atoms with van der Waals surface area (Å²) in [4.78, 5) is 21.1. The van der Waals surface area contributed by atoms with E-state index in [-0.39, 0.29) is 11.8 Å². The quantitative estimate of drug-likeness (QED) is 0.750. The minimum Gasteiger partial charge on any atom is -0.381 e. The first-order valence-corrected chi connectivity index (χ1v) is 8.75. The van der Waals surface area contributed by atoms with Crippen LogP contribution in [0.3, 0.4) is 0 Å². The third-order valence-electron chi connectivity index (χ3n) is 4.76. The van der Waals surface area contributed by atoms with E-state index in [1.165, 1.54) is 0 Å². The number of amides is 1. The lowest BCUT2D eigenvalue weighted by atomic mass is 9.92. The Morgan fingerprint density at radius 3 is 2.77 bits per heavy atom. The summed E-state index contributed by atoms with van der Waals surface area (Å²) < 4.78 is 7.20. The maximum atomic E-state index is 12.4. The van der Waals surface area contributed by atoms with Gasteiger partial charge in [-0.1, -0.05) is 12.1 Å². The second kappa shape index (κ2) is 7.23. The predicted octanol–water partition coefficient (Wildman–Crippen LogP) is 2.09. The number of carbonyl (C=O) groups is 1. The lowest BCUT2D eigenvalue weighted by molar-refractivity contribution is -0.119. The normalized spacial score (nSPS) is 16.5. The van der Waals surface area contributed by atoms with Crippen LogP contribution in [-0.2, 0) is 9.53 Å². The maximum absolute atomic E-state index is 12.4. The van der Waals surface area contributed by atoms with Gasteiger partial charge in [-0.15, -0.1) is 0 Å². The third-order valence-corrected chi connectivity index (χ3v) is 4.76. The van der Waals surface area contributed by atoms with Gasteiger partial charge in [-0.2, -0.15) is 0 Å². The molecule has 1 fully saturated rings. The highest BCUT2D eigenvalue weighted by Gasteiger charge is 2.26. The number of hydrogen-bond donors (Lipinski definition) is 2. The molecular formula is C19H21N5O2. The predicted molar refractivity (Wildman–Crippen MR) is 98.6 cm³/mol. The summed E-state index contributed by atoms with van der Waals surface area (Å²) in [6, 6.07) is 8.93. The summed E-state index contributed by atoms with van der Waals surface area (Å²) in [5.74, 6) is 0.678. The van der Waals surface area contributed by atoms with Crippen LogP contribution in [0, 0.1) is 5.92 Å². The molecule has 0 radical (unpaired) electrons. The van der Waals surface area contributed by atoms with Gasteiger partial charge in [-0.05, 0) is 37.0 Å². The van der Waals surface area contributed by atoms with Crippen LogP contribution in [0.2, 0.25) is 0 Å². The number of fused-ring (bicyclic) bond motifs is 1. The smallest absolute Gasteiger partial charge is 0.241 e. The summed E-state index contributed by atoms with van der Waals surface area (Å²) >= 11 is 0. The first kappa shape index (κ1) is 16.7. The SMILES string of the molecule is NC(C(=O)Nc1ccc(-c2cn3cccnc3n2)cc1)C1CCOCC1. The van der Waals surface area contributed by atoms with Crippen molar-refractivity contribution < 1.29 is 9.53 Å². The molecule has 3 N–H and O–H groups in total. The van der Waals surface area contributed by atoms with E-state index in [0.29, 0.717) is 19.0 Å². The van der Waals surface area contributed by atoms with Crippen LogP contribution in [0.5, 0.6) is 0 Å². The Bertz CT molecular complexity index is 867. The van der Waals surface area contributed by atoms with E-state index < -0.39 is 6.04 Å². The fraction of sp³-hybridized carbons (Fsp3) is 0.316. The second-order valence-corrected chi connectivity index (χ2v) is 6.50. The van der Waals surface area contributed by atoms with Crippen molar-refractivity contribution in [2.45, 2.75) is 18.9 Å². The molecule has 1 saturated heterocycles. The number of hydrogen-bond acceptors (Lipinski definition) is 5. The van der Waals surface area contributed by atoms with Crippen LogP contribution < -0.4 is 11.1 Å². The lowest BCUT2D eigenvalue weighted by Crippen LogP contribution is -2.43. The van der Waals surface area contributed by atoms with Crippen LogP contribution in [0.25, 0.3) is 17.0 Å². The first-order valence-electron chi connectivity index (χ1n) is 8.75. The molecule has 7 heteroatoms. The van der Waals surface area contributed by atoms with Crippen LogP contribution in [0.15, 0.2) is 48.9 Å². The Hall–Kier alpha value is -2.77. The van der Waals surface area contributed by atoms with Crippen LogP contribution in [-0.4, -0.2) is 39.5 Å². The molecule has 0 spiro atoms. The number of benzene rings is 1. The molecule has 4 rings (SSSR count). The molecule has 1 aliphatic heterocycles. The molecule has 7 nitrogen and oxygen atoms in total. The van der Waals surface area contributed by atoms with E-state index in [4.69, 9.17) is 10.5 Å². The van der Waals surface area contributed by atoms with Crippen LogP contribution in [0.4, 0.5) is 5.69 Å². The molecule has 3 aromatic rings. The number of nitrogens with two attached hydrogens (primary N) is 1. The molecule has 1 aliphatic rings. The Kier molecular flexibility index (Phi) is 4.64. The van der Waals surface area contributed by atoms with Crippen LogP contribution >= 0.6 is 0 Å². The van der Waals surface area contributed by atoms with Crippen molar-refractivity contribution in [2.75, 3.05) is 18.5 Å². The van der Waals surface area contributed by atoms with Gasteiger partial charge in [0, 0.05) is 43.1 Å². The number of ether oxygens (including phenoxy) is 1. The number of rotatable bonds is 4. The highest BCUT2D eigenvalue weighted by Crippen LogP contribution is 2.22. The zero-order chi connectivity index (χ0) is 17.9. The molecule has 1 aromatic carbocycles. The van der Waals surface area contributed by atoms with E-state index in [2.05, 4.69) is 15.3 Å². The van der Waals surface area contributed by atoms with E-state index in [9.17, 15) is 4.79 Å². The average molecular weight is 351 g/mol. The number of aromatic nitrogens is 3.